The topological polar surface area (TPSA) is 66.9 Å². The molecule has 0 aliphatic heterocycles. The lowest BCUT2D eigenvalue weighted by Crippen LogP contribution is -2.13. The Bertz CT molecular complexity index is 822. The lowest BCUT2D eigenvalue weighted by atomic mass is 10.2. The van der Waals surface area contributed by atoms with E-state index in [9.17, 15) is 9.18 Å². The Morgan fingerprint density at radius 1 is 1.04 bits per heavy atom. The van der Waals surface area contributed by atoms with Crippen molar-refractivity contribution >= 4 is 17.4 Å². The van der Waals surface area contributed by atoms with Crippen LogP contribution in [0, 0.1) is 5.82 Å². The van der Waals surface area contributed by atoms with Crippen molar-refractivity contribution in [2.24, 2.45) is 0 Å². The molecular weight excluding hydrogens is 307 g/mol. The lowest BCUT2D eigenvalue weighted by Gasteiger charge is -2.08. The van der Waals surface area contributed by atoms with Gasteiger partial charge in [-0.15, -0.1) is 0 Å². The van der Waals surface area contributed by atoms with Gasteiger partial charge in [-0.25, -0.2) is 9.37 Å². The van der Waals surface area contributed by atoms with E-state index >= 15 is 0 Å². The van der Waals surface area contributed by atoms with E-state index in [0.717, 1.165) is 5.56 Å². The summed E-state index contributed by atoms with van der Waals surface area (Å²) in [7, 11) is 0. The van der Waals surface area contributed by atoms with Crippen molar-refractivity contribution < 1.29 is 9.18 Å². The first-order chi connectivity index (χ1) is 11.7. The van der Waals surface area contributed by atoms with Gasteiger partial charge >= 0.3 is 0 Å². The Hall–Kier alpha value is -3.28. The molecule has 0 saturated carbocycles. The third-order valence-electron chi connectivity index (χ3n) is 3.34. The second-order valence-corrected chi connectivity index (χ2v) is 5.08. The first-order valence-corrected chi connectivity index (χ1v) is 7.37. The van der Waals surface area contributed by atoms with E-state index in [1.165, 1.54) is 24.4 Å². The summed E-state index contributed by atoms with van der Waals surface area (Å²) in [4.78, 5) is 20.3. The molecule has 1 amide bonds. The number of rotatable bonds is 5. The molecular formula is C18H15FN4O. The van der Waals surface area contributed by atoms with Gasteiger partial charge in [0.05, 0.1) is 17.4 Å². The largest absolute Gasteiger partial charge is 0.366 e. The van der Waals surface area contributed by atoms with Crippen LogP contribution >= 0.6 is 0 Å². The number of aromatic nitrogens is 2. The fraction of sp³-hybridized carbons (Fsp3) is 0.0556. The Morgan fingerprint density at radius 3 is 2.62 bits per heavy atom. The lowest BCUT2D eigenvalue weighted by molar-refractivity contribution is 0.102. The number of pyridine rings is 2. The van der Waals surface area contributed by atoms with Gasteiger partial charge in [-0.05, 0) is 35.9 Å². The highest BCUT2D eigenvalue weighted by atomic mass is 19.1. The van der Waals surface area contributed by atoms with E-state index in [0.29, 0.717) is 18.1 Å². The number of carbonyl (C=O) groups excluding carboxylic acids is 1. The number of nitrogens with one attached hydrogen (secondary N) is 2. The molecule has 0 fully saturated rings. The molecule has 0 aliphatic rings. The van der Waals surface area contributed by atoms with Gasteiger partial charge in [-0.1, -0.05) is 18.2 Å². The number of anilines is 2. The molecule has 0 spiro atoms. The van der Waals surface area contributed by atoms with Crippen molar-refractivity contribution in [1.82, 2.24) is 9.97 Å². The number of hydrogen-bond acceptors (Lipinski definition) is 4. The summed E-state index contributed by atoms with van der Waals surface area (Å²) in [6, 6.07) is 13.1. The number of amides is 1. The van der Waals surface area contributed by atoms with Crippen LogP contribution in [0.5, 0.6) is 0 Å². The van der Waals surface area contributed by atoms with Crippen molar-refractivity contribution in [1.29, 1.82) is 0 Å². The van der Waals surface area contributed by atoms with Crippen LogP contribution in [0.3, 0.4) is 0 Å². The van der Waals surface area contributed by atoms with Crippen molar-refractivity contribution in [3.8, 4) is 0 Å². The maximum atomic E-state index is 13.6. The van der Waals surface area contributed by atoms with Gasteiger partial charge in [-0.2, -0.15) is 0 Å². The Morgan fingerprint density at radius 2 is 1.92 bits per heavy atom. The maximum absolute atomic E-state index is 13.6. The van der Waals surface area contributed by atoms with Crippen LogP contribution in [0.4, 0.5) is 15.9 Å². The first-order valence-electron chi connectivity index (χ1n) is 7.37. The molecule has 2 heterocycles. The van der Waals surface area contributed by atoms with Crippen LogP contribution in [0.1, 0.15) is 15.9 Å². The summed E-state index contributed by atoms with van der Waals surface area (Å²) in [5.74, 6) is -0.397. The normalized spacial score (nSPS) is 10.2. The highest BCUT2D eigenvalue weighted by Crippen LogP contribution is 2.13. The van der Waals surface area contributed by atoms with Crippen LogP contribution < -0.4 is 10.6 Å². The van der Waals surface area contributed by atoms with E-state index < -0.39 is 11.7 Å². The molecule has 1 aromatic carbocycles. The molecule has 2 aromatic heterocycles. The molecule has 3 rings (SSSR count). The molecule has 24 heavy (non-hydrogen) atoms. The Balaban J connectivity index is 1.60. The van der Waals surface area contributed by atoms with Crippen LogP contribution in [-0.4, -0.2) is 15.9 Å². The number of nitrogens with zero attached hydrogens (tertiary/aromatic N) is 2. The van der Waals surface area contributed by atoms with Crippen LogP contribution in [0.15, 0.2) is 67.1 Å². The molecule has 2 N–H and O–H groups in total. The van der Waals surface area contributed by atoms with Gasteiger partial charge in [-0.3, -0.25) is 9.78 Å². The van der Waals surface area contributed by atoms with Crippen molar-refractivity contribution in [2.45, 2.75) is 6.54 Å². The fourth-order valence-corrected chi connectivity index (χ4v) is 2.11. The summed E-state index contributed by atoms with van der Waals surface area (Å²) in [5.41, 5.74) is 1.53. The molecule has 6 heteroatoms. The number of benzene rings is 1. The summed E-state index contributed by atoms with van der Waals surface area (Å²) in [6.45, 7) is 0.599. The van der Waals surface area contributed by atoms with E-state index in [2.05, 4.69) is 20.6 Å². The predicted molar refractivity (Wildman–Crippen MR) is 90.2 cm³/mol. The summed E-state index contributed by atoms with van der Waals surface area (Å²) >= 11 is 0. The second-order valence-electron chi connectivity index (χ2n) is 5.08. The van der Waals surface area contributed by atoms with E-state index in [1.54, 1.807) is 30.6 Å². The highest BCUT2D eigenvalue weighted by molar-refractivity contribution is 6.04. The zero-order chi connectivity index (χ0) is 16.8. The van der Waals surface area contributed by atoms with E-state index in [1.807, 2.05) is 12.1 Å². The smallest absolute Gasteiger partial charge is 0.258 e. The minimum absolute atomic E-state index is 0.00345. The van der Waals surface area contributed by atoms with Gasteiger partial charge in [0.2, 0.25) is 0 Å². The average Bonchev–Trinajstić information content (AvgIpc) is 2.62. The van der Waals surface area contributed by atoms with Crippen molar-refractivity contribution in [3.05, 3.63) is 84.1 Å². The van der Waals surface area contributed by atoms with Gasteiger partial charge in [0.15, 0.2) is 0 Å². The Labute approximate surface area is 138 Å². The van der Waals surface area contributed by atoms with Crippen LogP contribution in [-0.2, 0) is 6.54 Å². The maximum Gasteiger partial charge on any atom is 0.258 e. The molecule has 120 valence electrons. The van der Waals surface area contributed by atoms with Crippen molar-refractivity contribution in [3.63, 3.8) is 0 Å². The predicted octanol–water partition coefficient (Wildman–Crippen LogP) is 3.48. The first kappa shape index (κ1) is 15.6. The third kappa shape index (κ3) is 3.92. The molecule has 0 saturated heterocycles. The fourth-order valence-electron chi connectivity index (χ4n) is 2.11. The van der Waals surface area contributed by atoms with E-state index in [4.69, 9.17) is 0 Å². The standard InChI is InChI=1S/C18H15FN4O/c19-16-6-2-1-5-15(16)18(24)23-14-7-8-17(22-12-14)21-11-13-4-3-9-20-10-13/h1-10,12H,11H2,(H,21,22)(H,23,24). The summed E-state index contributed by atoms with van der Waals surface area (Å²) < 4.78 is 13.6. The van der Waals surface area contributed by atoms with Gasteiger partial charge < -0.3 is 10.6 Å². The highest BCUT2D eigenvalue weighted by Gasteiger charge is 2.10. The van der Waals surface area contributed by atoms with Crippen LogP contribution in [0.25, 0.3) is 0 Å². The SMILES string of the molecule is O=C(Nc1ccc(NCc2cccnc2)nc1)c1ccccc1F. The number of halogens is 1. The van der Waals surface area contributed by atoms with E-state index in [-0.39, 0.29) is 5.56 Å². The summed E-state index contributed by atoms with van der Waals surface area (Å²) in [5, 5.41) is 5.78. The molecule has 5 nitrogen and oxygen atoms in total. The van der Waals surface area contributed by atoms with Gasteiger partial charge in [0.1, 0.15) is 11.6 Å². The van der Waals surface area contributed by atoms with Gasteiger partial charge in [0, 0.05) is 18.9 Å². The average molecular weight is 322 g/mol. The number of hydrogen-bond donors (Lipinski definition) is 2. The molecule has 0 atom stereocenters. The Kier molecular flexibility index (Phi) is 4.76. The molecule has 0 aliphatic carbocycles. The van der Waals surface area contributed by atoms with Crippen molar-refractivity contribution in [2.75, 3.05) is 10.6 Å². The quantitative estimate of drug-likeness (QED) is 0.755. The minimum atomic E-state index is -0.558. The molecule has 3 aromatic rings. The zero-order valence-corrected chi connectivity index (χ0v) is 12.7. The molecule has 0 radical (unpaired) electrons. The molecule has 0 bridgehead atoms. The molecule has 0 unspecified atom stereocenters. The van der Waals surface area contributed by atoms with Crippen LogP contribution in [0.2, 0.25) is 0 Å². The number of carbonyl (C=O) groups is 1. The summed E-state index contributed by atoms with van der Waals surface area (Å²) in [6.07, 6.45) is 5.01. The monoisotopic (exact) mass is 322 g/mol. The minimum Gasteiger partial charge on any atom is -0.366 e. The third-order valence-corrected chi connectivity index (χ3v) is 3.34. The zero-order valence-electron chi connectivity index (χ0n) is 12.7. The second kappa shape index (κ2) is 7.32. The van der Waals surface area contributed by atoms with Gasteiger partial charge in [0.25, 0.3) is 5.91 Å².